The Kier molecular flexibility index (Phi) is 8.16. The van der Waals surface area contributed by atoms with Gasteiger partial charge in [-0.3, -0.25) is 24.0 Å². The van der Waals surface area contributed by atoms with Crippen molar-refractivity contribution in [1.82, 2.24) is 5.32 Å². The third kappa shape index (κ3) is 7.21. The fourth-order valence-corrected chi connectivity index (χ4v) is 2.55. The van der Waals surface area contributed by atoms with Gasteiger partial charge in [-0.2, -0.15) is 0 Å². The Morgan fingerprint density at radius 1 is 0.778 bits per heavy atom. The average Bonchev–Trinajstić information content (AvgIpc) is 2.49. The third-order valence-electron chi connectivity index (χ3n) is 3.35. The highest BCUT2D eigenvalue weighted by molar-refractivity contribution is 5.74. The Labute approximate surface area is 155 Å². The SMILES string of the molecule is CC(=O)NC1[C@H](OC(C)=O)OC(COC(C)=O)[C@H](OC(C)=O)[C@H]1OC(C)=O. The molecule has 0 saturated carbocycles. The lowest BCUT2D eigenvalue weighted by Gasteiger charge is -2.44. The van der Waals surface area contributed by atoms with E-state index in [1.54, 1.807) is 0 Å². The molecule has 0 spiro atoms. The summed E-state index contributed by atoms with van der Waals surface area (Å²) in [7, 11) is 0. The van der Waals surface area contributed by atoms with Gasteiger partial charge in [0, 0.05) is 34.6 Å². The standard InChI is InChI=1S/C16H23NO10/c1-7(18)17-13-15(25-10(4)21)14(24-9(3)20)12(6-23-8(2)19)27-16(13)26-11(5)22/h12-16H,6H2,1-5H3,(H,17,18)/t12?,13?,14-,15-,16+/m0/s1. The summed E-state index contributed by atoms with van der Waals surface area (Å²) in [5.41, 5.74) is 0. The Morgan fingerprint density at radius 3 is 1.74 bits per heavy atom. The van der Waals surface area contributed by atoms with E-state index in [9.17, 15) is 24.0 Å². The summed E-state index contributed by atoms with van der Waals surface area (Å²) in [5, 5.41) is 2.46. The predicted octanol–water partition coefficient (Wildman–Crippen LogP) is -0.794. The molecule has 1 rings (SSSR count). The van der Waals surface area contributed by atoms with Gasteiger partial charge in [0.25, 0.3) is 0 Å². The molecule has 0 aromatic rings. The molecule has 1 heterocycles. The Morgan fingerprint density at radius 2 is 1.30 bits per heavy atom. The largest absolute Gasteiger partial charge is 0.463 e. The van der Waals surface area contributed by atoms with Crippen LogP contribution >= 0.6 is 0 Å². The van der Waals surface area contributed by atoms with E-state index in [0.29, 0.717) is 0 Å². The van der Waals surface area contributed by atoms with Crippen LogP contribution in [0.25, 0.3) is 0 Å². The first-order chi connectivity index (χ1) is 12.5. The molecule has 5 atom stereocenters. The van der Waals surface area contributed by atoms with Crippen LogP contribution in [0.2, 0.25) is 0 Å². The van der Waals surface area contributed by atoms with Crippen molar-refractivity contribution in [2.45, 2.75) is 65.3 Å². The molecule has 11 nitrogen and oxygen atoms in total. The van der Waals surface area contributed by atoms with E-state index in [4.69, 9.17) is 23.7 Å². The van der Waals surface area contributed by atoms with Gasteiger partial charge in [0.15, 0.2) is 12.2 Å². The second kappa shape index (κ2) is 9.86. The van der Waals surface area contributed by atoms with Crippen molar-refractivity contribution in [2.75, 3.05) is 6.61 Å². The van der Waals surface area contributed by atoms with E-state index in [1.807, 2.05) is 0 Å². The van der Waals surface area contributed by atoms with Gasteiger partial charge in [0.05, 0.1) is 0 Å². The lowest BCUT2D eigenvalue weighted by molar-refractivity contribution is -0.270. The number of esters is 4. The molecule has 1 saturated heterocycles. The normalized spacial score (nSPS) is 27.1. The number of carbonyl (C=O) groups excluding carboxylic acids is 5. The van der Waals surface area contributed by atoms with Gasteiger partial charge in [0.1, 0.15) is 18.8 Å². The molecule has 0 aliphatic carbocycles. The number of nitrogens with one attached hydrogen (secondary N) is 1. The van der Waals surface area contributed by atoms with Gasteiger partial charge in [0.2, 0.25) is 12.2 Å². The van der Waals surface area contributed by atoms with Gasteiger partial charge in [-0.15, -0.1) is 0 Å². The van der Waals surface area contributed by atoms with Crippen LogP contribution in [0.4, 0.5) is 0 Å². The Balaban J connectivity index is 3.29. The highest BCUT2D eigenvalue weighted by atomic mass is 16.7. The molecule has 1 aliphatic heterocycles. The zero-order valence-corrected chi connectivity index (χ0v) is 15.7. The Hall–Kier alpha value is -2.69. The minimum Gasteiger partial charge on any atom is -0.463 e. The maximum absolute atomic E-state index is 11.6. The van der Waals surface area contributed by atoms with Crippen molar-refractivity contribution >= 4 is 29.8 Å². The van der Waals surface area contributed by atoms with Crippen LogP contribution in [0.3, 0.4) is 0 Å². The monoisotopic (exact) mass is 389 g/mol. The lowest BCUT2D eigenvalue weighted by Crippen LogP contribution is -2.66. The van der Waals surface area contributed by atoms with Crippen LogP contribution in [0, 0.1) is 0 Å². The molecule has 1 aliphatic rings. The van der Waals surface area contributed by atoms with E-state index in [1.165, 1.54) is 6.92 Å². The molecule has 0 aromatic carbocycles. The van der Waals surface area contributed by atoms with E-state index in [0.717, 1.165) is 27.7 Å². The lowest BCUT2D eigenvalue weighted by atomic mass is 9.96. The van der Waals surface area contributed by atoms with Crippen LogP contribution in [0.5, 0.6) is 0 Å². The van der Waals surface area contributed by atoms with Crippen molar-refractivity contribution in [3.63, 3.8) is 0 Å². The minimum atomic E-state index is -1.37. The van der Waals surface area contributed by atoms with Crippen LogP contribution in [-0.2, 0) is 47.7 Å². The highest BCUT2D eigenvalue weighted by Gasteiger charge is 2.52. The molecular formula is C16H23NO10. The summed E-state index contributed by atoms with van der Waals surface area (Å²) in [6, 6.07) is -1.16. The summed E-state index contributed by atoms with van der Waals surface area (Å²) in [6.07, 6.45) is -4.97. The second-order valence-corrected chi connectivity index (χ2v) is 5.83. The fraction of sp³-hybridized carbons (Fsp3) is 0.688. The van der Waals surface area contributed by atoms with Gasteiger partial charge in [-0.1, -0.05) is 0 Å². The van der Waals surface area contributed by atoms with E-state index in [-0.39, 0.29) is 6.61 Å². The fourth-order valence-electron chi connectivity index (χ4n) is 2.55. The van der Waals surface area contributed by atoms with Gasteiger partial charge < -0.3 is 29.0 Å². The summed E-state index contributed by atoms with van der Waals surface area (Å²) < 4.78 is 25.9. The summed E-state index contributed by atoms with van der Waals surface area (Å²) >= 11 is 0. The molecule has 27 heavy (non-hydrogen) atoms. The zero-order chi connectivity index (χ0) is 20.7. The predicted molar refractivity (Wildman–Crippen MR) is 85.8 cm³/mol. The number of hydrogen-bond acceptors (Lipinski definition) is 10. The first kappa shape index (κ1) is 22.4. The number of rotatable bonds is 6. The van der Waals surface area contributed by atoms with E-state index >= 15 is 0 Å². The van der Waals surface area contributed by atoms with Crippen molar-refractivity contribution in [3.05, 3.63) is 0 Å². The van der Waals surface area contributed by atoms with Crippen LogP contribution in [0.15, 0.2) is 0 Å². The van der Waals surface area contributed by atoms with Crippen LogP contribution in [0.1, 0.15) is 34.6 Å². The average molecular weight is 389 g/mol. The number of ether oxygens (including phenoxy) is 5. The number of amides is 1. The molecule has 1 N–H and O–H groups in total. The first-order valence-corrected chi connectivity index (χ1v) is 8.08. The molecular weight excluding hydrogens is 366 g/mol. The van der Waals surface area contributed by atoms with E-state index in [2.05, 4.69) is 5.32 Å². The maximum Gasteiger partial charge on any atom is 0.305 e. The van der Waals surface area contributed by atoms with Crippen molar-refractivity contribution in [1.29, 1.82) is 0 Å². The molecule has 1 fully saturated rings. The summed E-state index contributed by atoms with van der Waals surface area (Å²) in [5.74, 6) is -3.34. The number of hydrogen-bond donors (Lipinski definition) is 1. The van der Waals surface area contributed by atoms with Crippen LogP contribution in [-0.4, -0.2) is 67.0 Å². The summed E-state index contributed by atoms with van der Waals surface area (Å²) in [6.45, 7) is 5.36. The smallest absolute Gasteiger partial charge is 0.305 e. The Bertz CT molecular complexity index is 604. The second-order valence-electron chi connectivity index (χ2n) is 5.83. The minimum absolute atomic E-state index is 0.365. The molecule has 0 aromatic heterocycles. The molecule has 0 bridgehead atoms. The third-order valence-corrected chi connectivity index (χ3v) is 3.35. The molecule has 2 unspecified atom stereocenters. The quantitative estimate of drug-likeness (QED) is 0.453. The topological polar surface area (TPSA) is 144 Å². The van der Waals surface area contributed by atoms with Gasteiger partial charge >= 0.3 is 23.9 Å². The first-order valence-electron chi connectivity index (χ1n) is 8.08. The van der Waals surface area contributed by atoms with Crippen molar-refractivity contribution < 1.29 is 47.7 Å². The highest BCUT2D eigenvalue weighted by Crippen LogP contribution is 2.28. The van der Waals surface area contributed by atoms with Gasteiger partial charge in [-0.25, -0.2) is 0 Å². The number of carbonyl (C=O) groups is 5. The molecule has 152 valence electrons. The van der Waals surface area contributed by atoms with Crippen molar-refractivity contribution in [3.8, 4) is 0 Å². The van der Waals surface area contributed by atoms with Gasteiger partial charge in [-0.05, 0) is 0 Å². The van der Waals surface area contributed by atoms with Crippen LogP contribution < -0.4 is 5.32 Å². The summed E-state index contributed by atoms with van der Waals surface area (Å²) in [4.78, 5) is 57.2. The maximum atomic E-state index is 11.6. The van der Waals surface area contributed by atoms with Crippen molar-refractivity contribution in [2.24, 2.45) is 0 Å². The molecule has 1 amide bonds. The molecule has 0 radical (unpaired) electrons. The molecule has 11 heteroatoms. The van der Waals surface area contributed by atoms with E-state index < -0.39 is 60.4 Å². The zero-order valence-electron chi connectivity index (χ0n) is 15.7.